The molecule has 2 aliphatic rings. The Kier molecular flexibility index (Phi) is 19.2. The molecule has 2 unspecified atom stereocenters. The molecule has 0 aliphatic heterocycles. The Balaban J connectivity index is 0.000000162. The van der Waals surface area contributed by atoms with Crippen LogP contribution in [0, 0.1) is 25.7 Å². The van der Waals surface area contributed by atoms with Gasteiger partial charge in [0.15, 0.2) is 0 Å². The average molecular weight is 893 g/mol. The summed E-state index contributed by atoms with van der Waals surface area (Å²) in [6.07, 6.45) is 20.1. The van der Waals surface area contributed by atoms with E-state index in [1.807, 2.05) is 25.1 Å². The van der Waals surface area contributed by atoms with Crippen LogP contribution in [0.15, 0.2) is 213 Å². The zero-order chi connectivity index (χ0) is 48.3. The van der Waals surface area contributed by atoms with E-state index in [-0.39, 0.29) is 5.41 Å². The summed E-state index contributed by atoms with van der Waals surface area (Å²) >= 11 is 0. The van der Waals surface area contributed by atoms with E-state index < -0.39 is 0 Å². The fourth-order valence-corrected chi connectivity index (χ4v) is 9.47. The van der Waals surface area contributed by atoms with E-state index in [0.717, 1.165) is 12.0 Å². The lowest BCUT2D eigenvalue weighted by Crippen LogP contribution is -2.14. The van der Waals surface area contributed by atoms with Gasteiger partial charge in [-0.25, -0.2) is 0 Å². The second kappa shape index (κ2) is 25.6. The van der Waals surface area contributed by atoms with Crippen molar-refractivity contribution >= 4 is 11.1 Å². The lowest BCUT2D eigenvalue weighted by molar-refractivity contribution is 0.441. The van der Waals surface area contributed by atoms with Crippen molar-refractivity contribution in [2.45, 2.75) is 106 Å². The lowest BCUT2D eigenvalue weighted by atomic mass is 9.81. The van der Waals surface area contributed by atoms with Gasteiger partial charge < -0.3 is 0 Å². The first kappa shape index (κ1) is 50.9. The van der Waals surface area contributed by atoms with Gasteiger partial charge in [0.1, 0.15) is 0 Å². The van der Waals surface area contributed by atoms with Crippen molar-refractivity contribution in [2.75, 3.05) is 0 Å². The van der Waals surface area contributed by atoms with Crippen LogP contribution in [0.3, 0.4) is 0 Å². The zero-order valence-corrected chi connectivity index (χ0v) is 42.4. The smallest absolute Gasteiger partial charge is 0.0158 e. The number of aryl methyl sites for hydroxylation is 3. The molecular formula is C68H76. The normalized spacial score (nSPS) is 14.4. The molecule has 9 rings (SSSR count). The van der Waals surface area contributed by atoms with Gasteiger partial charge in [0, 0.05) is 5.41 Å². The molecule has 0 heterocycles. The quantitative estimate of drug-likeness (QED) is 0.115. The Hall–Kier alpha value is -6.50. The standard InChI is InChI=1S/C28H34.C16H16.C15H16.C9H10/c1-4-9-27(23-11-7-6-8-12-23)21-28(10-5-2)26-19-17-25(18-20-26)24-15-13-22(3)14-16-24;1-11-8-9-13-12-6-4-5-7-14(12)16(2,3)15(13)10-11;1-2-6-13-9-11-15(12-10-13)14-7-4-3-5-8-14;1-8(2)9-6-4-3-5-7-9/h6-8,11,13-21,23,27H,4-5,9-10,12H2,1-3H3;4-10H,1-3H3;3-5,7-12H,2,6H2,1H3;3-7H,1H2,2H3/b28-21+;;;. The molecule has 0 bridgehead atoms. The van der Waals surface area contributed by atoms with Crippen LogP contribution in [0.1, 0.15) is 119 Å². The zero-order valence-electron chi connectivity index (χ0n) is 42.4. The summed E-state index contributed by atoms with van der Waals surface area (Å²) in [7, 11) is 0. The molecule has 0 amide bonds. The minimum atomic E-state index is 0.151. The van der Waals surface area contributed by atoms with E-state index in [2.05, 4.69) is 243 Å². The predicted octanol–water partition coefficient (Wildman–Crippen LogP) is 19.7. The maximum Gasteiger partial charge on any atom is 0.0158 e. The third-order valence-electron chi connectivity index (χ3n) is 13.4. The first-order chi connectivity index (χ1) is 33.0. The lowest BCUT2D eigenvalue weighted by Gasteiger charge is -2.23. The van der Waals surface area contributed by atoms with Crippen molar-refractivity contribution in [3.8, 4) is 33.4 Å². The second-order valence-electron chi connectivity index (χ2n) is 19.2. The fourth-order valence-electron chi connectivity index (χ4n) is 9.47. The Labute approximate surface area is 412 Å². The van der Waals surface area contributed by atoms with Crippen LogP contribution in [0.25, 0.3) is 44.5 Å². The predicted molar refractivity (Wildman–Crippen MR) is 300 cm³/mol. The van der Waals surface area contributed by atoms with Gasteiger partial charge in [0.25, 0.3) is 0 Å². The maximum atomic E-state index is 3.83. The minimum absolute atomic E-state index is 0.151. The van der Waals surface area contributed by atoms with E-state index in [1.54, 1.807) is 0 Å². The maximum absolute atomic E-state index is 3.83. The number of allylic oxidation sites excluding steroid dienone is 7. The number of rotatable bonds is 12. The molecule has 7 aromatic rings. The van der Waals surface area contributed by atoms with Crippen LogP contribution >= 0.6 is 0 Å². The van der Waals surface area contributed by atoms with Crippen LogP contribution < -0.4 is 0 Å². The minimum Gasteiger partial charge on any atom is -0.0955 e. The molecule has 0 spiro atoms. The second-order valence-corrected chi connectivity index (χ2v) is 19.2. The average Bonchev–Trinajstić information content (AvgIpc) is 3.60. The van der Waals surface area contributed by atoms with Crippen molar-refractivity contribution in [1.82, 2.24) is 0 Å². The fraction of sp³-hybridized carbons (Fsp3) is 0.265. The molecule has 2 atom stereocenters. The van der Waals surface area contributed by atoms with Crippen LogP contribution in [0.4, 0.5) is 0 Å². The molecule has 0 N–H and O–H groups in total. The van der Waals surface area contributed by atoms with Gasteiger partial charge in [-0.3, -0.25) is 0 Å². The third kappa shape index (κ3) is 14.0. The van der Waals surface area contributed by atoms with Gasteiger partial charge >= 0.3 is 0 Å². The molecule has 348 valence electrons. The van der Waals surface area contributed by atoms with E-state index >= 15 is 0 Å². The monoisotopic (exact) mass is 893 g/mol. The van der Waals surface area contributed by atoms with E-state index in [9.17, 15) is 0 Å². The Morgan fingerprint density at radius 3 is 1.71 bits per heavy atom. The highest BCUT2D eigenvalue weighted by molar-refractivity contribution is 5.81. The number of hydrogen-bond donors (Lipinski definition) is 0. The number of benzene rings is 7. The Morgan fingerprint density at radius 2 is 1.13 bits per heavy atom. The summed E-state index contributed by atoms with van der Waals surface area (Å²) in [5, 5.41) is 0. The van der Waals surface area contributed by atoms with Gasteiger partial charge in [-0.15, -0.1) is 0 Å². The largest absolute Gasteiger partial charge is 0.0955 e. The Bertz CT molecular complexity index is 2700. The van der Waals surface area contributed by atoms with Crippen molar-refractivity contribution in [1.29, 1.82) is 0 Å². The molecule has 68 heavy (non-hydrogen) atoms. The van der Waals surface area contributed by atoms with Crippen molar-refractivity contribution < 1.29 is 0 Å². The van der Waals surface area contributed by atoms with Crippen LogP contribution in [0.2, 0.25) is 0 Å². The Morgan fingerprint density at radius 1 is 0.574 bits per heavy atom. The summed E-state index contributed by atoms with van der Waals surface area (Å²) in [6, 6.07) is 63.1. The molecule has 0 radical (unpaired) electrons. The summed E-state index contributed by atoms with van der Waals surface area (Å²) in [4.78, 5) is 0. The van der Waals surface area contributed by atoms with Crippen LogP contribution in [-0.2, 0) is 11.8 Å². The van der Waals surface area contributed by atoms with Crippen LogP contribution in [0.5, 0.6) is 0 Å². The summed E-state index contributed by atoms with van der Waals surface area (Å²) in [6.45, 7) is 21.6. The number of hydrogen-bond acceptors (Lipinski definition) is 0. The van der Waals surface area contributed by atoms with E-state index in [4.69, 9.17) is 0 Å². The molecule has 0 heteroatoms. The summed E-state index contributed by atoms with van der Waals surface area (Å²) in [5.74, 6) is 1.27. The van der Waals surface area contributed by atoms with E-state index in [0.29, 0.717) is 11.8 Å². The van der Waals surface area contributed by atoms with Gasteiger partial charge in [-0.2, -0.15) is 0 Å². The number of fused-ring (bicyclic) bond motifs is 3. The molecular weight excluding hydrogens is 817 g/mol. The SMILES string of the molecule is C=C(C)c1ccccc1.CCC/C(=C\C(CCC)C1C=CC=CC1)c1ccc(-c2ccc(C)cc2)cc1.CCCc1ccc(-c2ccccc2)cc1.Cc1ccc2c(c1)C(C)(C)c1ccccc1-2. The van der Waals surface area contributed by atoms with Crippen LogP contribution in [-0.4, -0.2) is 0 Å². The highest BCUT2D eigenvalue weighted by Gasteiger charge is 2.34. The molecule has 0 saturated heterocycles. The molecule has 0 nitrogen and oxygen atoms in total. The van der Waals surface area contributed by atoms with Gasteiger partial charge in [-0.1, -0.05) is 283 Å². The molecule has 2 aliphatic carbocycles. The highest BCUT2D eigenvalue weighted by atomic mass is 14.4. The van der Waals surface area contributed by atoms with Gasteiger partial charge in [0.05, 0.1) is 0 Å². The molecule has 0 fully saturated rings. The first-order valence-electron chi connectivity index (χ1n) is 25.3. The molecule has 0 saturated carbocycles. The van der Waals surface area contributed by atoms with Crippen molar-refractivity contribution in [2.24, 2.45) is 11.8 Å². The summed E-state index contributed by atoms with van der Waals surface area (Å²) in [5.41, 5.74) is 20.4. The summed E-state index contributed by atoms with van der Waals surface area (Å²) < 4.78 is 0. The third-order valence-corrected chi connectivity index (χ3v) is 13.4. The van der Waals surface area contributed by atoms with Gasteiger partial charge in [0.2, 0.25) is 0 Å². The van der Waals surface area contributed by atoms with E-state index in [1.165, 1.54) is 116 Å². The topological polar surface area (TPSA) is 0 Å². The molecule has 0 aromatic heterocycles. The molecule has 7 aromatic carbocycles. The highest BCUT2D eigenvalue weighted by Crippen LogP contribution is 2.48. The van der Waals surface area contributed by atoms with Crippen molar-refractivity contribution in [3.05, 3.63) is 252 Å². The first-order valence-corrected chi connectivity index (χ1v) is 25.3. The van der Waals surface area contributed by atoms with Gasteiger partial charge in [-0.05, 0) is 125 Å². The van der Waals surface area contributed by atoms with Crippen molar-refractivity contribution in [3.63, 3.8) is 0 Å².